The number of carboxylic acids is 2. The Morgan fingerprint density at radius 2 is 1.61 bits per heavy atom. The van der Waals surface area contributed by atoms with Gasteiger partial charge in [-0.3, -0.25) is 4.90 Å². The summed E-state index contributed by atoms with van der Waals surface area (Å²) >= 11 is 12.4. The van der Waals surface area contributed by atoms with Gasteiger partial charge in [0.2, 0.25) is 0 Å². The van der Waals surface area contributed by atoms with Crippen molar-refractivity contribution >= 4 is 35.1 Å². The predicted molar refractivity (Wildman–Crippen MR) is 117 cm³/mol. The van der Waals surface area contributed by atoms with E-state index in [-0.39, 0.29) is 0 Å². The van der Waals surface area contributed by atoms with Crippen molar-refractivity contribution in [2.45, 2.75) is 56.9 Å². The molecule has 0 spiro atoms. The van der Waals surface area contributed by atoms with Crippen LogP contribution in [-0.4, -0.2) is 75.1 Å². The number of aliphatic hydroxyl groups is 2. The van der Waals surface area contributed by atoms with Gasteiger partial charge in [-0.05, 0) is 62.4 Å². The fraction of sp³-hybridized carbons (Fsp3) is 0.619. The van der Waals surface area contributed by atoms with Crippen LogP contribution in [0.5, 0.6) is 0 Å². The van der Waals surface area contributed by atoms with Crippen LogP contribution >= 0.6 is 23.2 Å². The summed E-state index contributed by atoms with van der Waals surface area (Å²) in [6.45, 7) is 4.46. The Kier molecular flexibility index (Phi) is 10.5. The minimum atomic E-state index is -2.27. The molecule has 31 heavy (non-hydrogen) atoms. The van der Waals surface area contributed by atoms with Crippen LogP contribution in [0.3, 0.4) is 0 Å². The van der Waals surface area contributed by atoms with E-state index in [1.54, 1.807) is 0 Å². The zero-order chi connectivity index (χ0) is 23.0. The molecule has 2 fully saturated rings. The molecule has 3 rings (SSSR count). The second-order valence-electron chi connectivity index (χ2n) is 8.01. The van der Waals surface area contributed by atoms with E-state index >= 15 is 0 Å². The van der Waals surface area contributed by atoms with Gasteiger partial charge in [0.05, 0.1) is 0 Å². The summed E-state index contributed by atoms with van der Waals surface area (Å²) in [5, 5.41) is 37.5. The Hall–Kier alpha value is -1.42. The maximum Gasteiger partial charge on any atom is 0.335 e. The number of benzene rings is 1. The third-order valence-corrected chi connectivity index (χ3v) is 6.32. The van der Waals surface area contributed by atoms with Crippen molar-refractivity contribution in [3.05, 3.63) is 33.8 Å². The summed E-state index contributed by atoms with van der Waals surface area (Å²) in [4.78, 5) is 22.2. The number of carboxylic acid groups (broad SMARTS) is 2. The largest absolute Gasteiger partial charge is 0.479 e. The summed E-state index contributed by atoms with van der Waals surface area (Å²) < 4.78 is 0. The molecule has 10 heteroatoms. The number of halogens is 2. The predicted octanol–water partition coefficient (Wildman–Crippen LogP) is 2.22. The molecule has 5 N–H and O–H groups in total. The van der Waals surface area contributed by atoms with E-state index in [0.29, 0.717) is 6.04 Å². The fourth-order valence-electron chi connectivity index (χ4n) is 3.66. The molecule has 0 radical (unpaired) electrons. The number of hydrogen-bond donors (Lipinski definition) is 5. The third kappa shape index (κ3) is 8.21. The monoisotopic (exact) mass is 476 g/mol. The third-order valence-electron chi connectivity index (χ3n) is 5.74. The Bertz CT molecular complexity index is 723. The number of nitrogens with zero attached hydrogens (tertiary/aromatic N) is 1. The van der Waals surface area contributed by atoms with Gasteiger partial charge in [0.15, 0.2) is 12.2 Å². The number of carbonyl (C=O) groups is 2. The fourth-order valence-corrected chi connectivity index (χ4v) is 4.13. The van der Waals surface area contributed by atoms with Crippen LogP contribution in [0.2, 0.25) is 10.0 Å². The molecule has 0 amide bonds. The quantitative estimate of drug-likeness (QED) is 0.386. The number of nitrogens with one attached hydrogen (secondary N) is 1. The lowest BCUT2D eigenvalue weighted by molar-refractivity contribution is -0.165. The second-order valence-corrected chi connectivity index (χ2v) is 8.85. The van der Waals surface area contributed by atoms with Crippen LogP contribution in [0, 0.1) is 5.92 Å². The van der Waals surface area contributed by atoms with Crippen molar-refractivity contribution in [1.82, 2.24) is 10.2 Å². The van der Waals surface area contributed by atoms with E-state index in [9.17, 15) is 9.59 Å². The molecule has 1 aromatic carbocycles. The van der Waals surface area contributed by atoms with Crippen LogP contribution in [0.1, 0.15) is 37.7 Å². The molecule has 0 unspecified atom stereocenters. The maximum atomic E-state index is 9.77. The Balaban J connectivity index is 0.000000291. The summed E-state index contributed by atoms with van der Waals surface area (Å²) in [5.41, 5.74) is 1.21. The highest BCUT2D eigenvalue weighted by molar-refractivity contribution is 6.35. The average Bonchev–Trinajstić information content (AvgIpc) is 2.71. The lowest BCUT2D eigenvalue weighted by Gasteiger charge is -2.39. The van der Waals surface area contributed by atoms with Gasteiger partial charge in [-0.1, -0.05) is 35.7 Å². The first-order valence-corrected chi connectivity index (χ1v) is 11.1. The van der Waals surface area contributed by atoms with E-state index < -0.39 is 24.1 Å². The second kappa shape index (κ2) is 12.6. The van der Waals surface area contributed by atoms with E-state index in [2.05, 4.69) is 16.3 Å². The standard InChI is InChI=1S/C17H24Cl2N2.C4H6O6/c18-15-5-4-14(17(19)10-15)12-21(11-13-2-1-3-13)16-6-8-20-9-7-16;5-1(3(7)8)2(6)4(9)10/h4-5,10,13,16,20H,1-3,6-9,11-12H2;1-2,5-6H,(H,7,8)(H,9,10)/t;1-,2-/m.1/s1. The summed E-state index contributed by atoms with van der Waals surface area (Å²) in [7, 11) is 0. The van der Waals surface area contributed by atoms with Crippen LogP contribution in [0.4, 0.5) is 0 Å². The molecule has 2 atom stereocenters. The SMILES string of the molecule is Clc1ccc(CN(CC2CCC2)C2CCNCC2)c(Cl)c1.O=C(O)[C@H](O)[C@@H](O)C(=O)O. The molecule has 0 aromatic heterocycles. The van der Waals surface area contributed by atoms with E-state index in [1.165, 1.54) is 44.2 Å². The van der Waals surface area contributed by atoms with Gasteiger partial charge in [0, 0.05) is 29.2 Å². The molecule has 1 saturated carbocycles. The molecule has 2 aliphatic rings. The highest BCUT2D eigenvalue weighted by Crippen LogP contribution is 2.30. The zero-order valence-corrected chi connectivity index (χ0v) is 18.7. The van der Waals surface area contributed by atoms with E-state index in [0.717, 1.165) is 35.6 Å². The van der Waals surface area contributed by atoms with Crippen molar-refractivity contribution < 1.29 is 30.0 Å². The van der Waals surface area contributed by atoms with Gasteiger partial charge >= 0.3 is 11.9 Å². The van der Waals surface area contributed by atoms with Gasteiger partial charge in [-0.15, -0.1) is 0 Å². The molecule has 1 saturated heterocycles. The van der Waals surface area contributed by atoms with Gasteiger partial charge in [-0.2, -0.15) is 0 Å². The lowest BCUT2D eigenvalue weighted by Crippen LogP contribution is -2.45. The van der Waals surface area contributed by atoms with Crippen molar-refractivity contribution in [3.8, 4) is 0 Å². The lowest BCUT2D eigenvalue weighted by atomic mass is 9.84. The Morgan fingerprint density at radius 1 is 1.03 bits per heavy atom. The highest BCUT2D eigenvalue weighted by Gasteiger charge is 2.29. The summed E-state index contributed by atoms with van der Waals surface area (Å²) in [6.07, 6.45) is 2.17. The first-order chi connectivity index (χ1) is 14.7. The zero-order valence-electron chi connectivity index (χ0n) is 17.2. The van der Waals surface area contributed by atoms with Crippen LogP contribution in [-0.2, 0) is 16.1 Å². The van der Waals surface area contributed by atoms with Crippen molar-refractivity contribution in [2.24, 2.45) is 5.92 Å². The van der Waals surface area contributed by atoms with E-state index in [4.69, 9.17) is 43.6 Å². The van der Waals surface area contributed by atoms with Crippen molar-refractivity contribution in [3.63, 3.8) is 0 Å². The number of rotatable bonds is 8. The van der Waals surface area contributed by atoms with Gasteiger partial charge < -0.3 is 25.7 Å². The Labute approximate surface area is 191 Å². The molecular formula is C21H30Cl2N2O6. The van der Waals surface area contributed by atoms with Gasteiger partial charge in [0.25, 0.3) is 0 Å². The topological polar surface area (TPSA) is 130 Å². The Morgan fingerprint density at radius 3 is 2.06 bits per heavy atom. The maximum absolute atomic E-state index is 9.77. The molecule has 1 aromatic rings. The van der Waals surface area contributed by atoms with Gasteiger partial charge in [-0.25, -0.2) is 9.59 Å². The molecule has 1 aliphatic carbocycles. The summed E-state index contributed by atoms with van der Waals surface area (Å²) in [5.74, 6) is -2.64. The number of hydrogen-bond acceptors (Lipinski definition) is 6. The van der Waals surface area contributed by atoms with Crippen LogP contribution in [0.25, 0.3) is 0 Å². The minimum Gasteiger partial charge on any atom is -0.479 e. The normalized spacial score (nSPS) is 19.1. The van der Waals surface area contributed by atoms with Crippen molar-refractivity contribution in [2.75, 3.05) is 19.6 Å². The van der Waals surface area contributed by atoms with Crippen LogP contribution < -0.4 is 5.32 Å². The molecular weight excluding hydrogens is 447 g/mol. The molecule has 1 aliphatic heterocycles. The van der Waals surface area contributed by atoms with Crippen molar-refractivity contribution in [1.29, 1.82) is 0 Å². The van der Waals surface area contributed by atoms with Crippen LogP contribution in [0.15, 0.2) is 18.2 Å². The molecule has 0 bridgehead atoms. The molecule has 1 heterocycles. The average molecular weight is 477 g/mol. The first-order valence-electron chi connectivity index (χ1n) is 10.4. The molecule has 174 valence electrons. The highest BCUT2D eigenvalue weighted by atomic mass is 35.5. The number of piperidine rings is 1. The van der Waals surface area contributed by atoms with E-state index in [1.807, 2.05) is 12.1 Å². The number of aliphatic hydroxyl groups excluding tert-OH is 2. The number of aliphatic carboxylic acids is 2. The molecule has 8 nitrogen and oxygen atoms in total. The smallest absolute Gasteiger partial charge is 0.335 e. The van der Waals surface area contributed by atoms with Gasteiger partial charge in [0.1, 0.15) is 0 Å². The summed E-state index contributed by atoms with van der Waals surface area (Å²) in [6, 6.07) is 6.59. The minimum absolute atomic E-state index is 0.693. The first kappa shape index (κ1) is 25.8.